The smallest absolute Gasteiger partial charge is 0.240 e. The molecule has 0 spiro atoms. The van der Waals surface area contributed by atoms with Gasteiger partial charge in [-0.1, -0.05) is 13.8 Å². The Morgan fingerprint density at radius 3 is 2.54 bits per heavy atom. The molecular formula is C21H29FN4OS. The van der Waals surface area contributed by atoms with Gasteiger partial charge in [0.05, 0.1) is 12.2 Å². The van der Waals surface area contributed by atoms with Crippen molar-refractivity contribution in [3.8, 4) is 0 Å². The number of benzene rings is 1. The minimum Gasteiger partial charge on any atom is -0.368 e. The fourth-order valence-electron chi connectivity index (χ4n) is 3.47. The molecule has 0 aliphatic heterocycles. The fraction of sp³-hybridized carbons (Fsp3) is 0.524. The lowest BCUT2D eigenvalue weighted by Gasteiger charge is -2.32. The lowest BCUT2D eigenvalue weighted by molar-refractivity contribution is -0.119. The van der Waals surface area contributed by atoms with E-state index >= 15 is 0 Å². The van der Waals surface area contributed by atoms with Crippen LogP contribution < -0.4 is 15.5 Å². The standard InChI is InChI=1S/C21H29FN4OS/c1-4-25(17-9-10-17)21-24-16(13-28-21)12-26(18-7-5-15(22)6-8-18)19(20(23)27)11-14(2)3/h5-8,13-14,17,19H,4,9-12H2,1-3H3,(H2,23,27)/t19-/m1/s1. The highest BCUT2D eigenvalue weighted by molar-refractivity contribution is 7.13. The average Bonchev–Trinajstić information content (AvgIpc) is 3.37. The molecule has 7 heteroatoms. The number of anilines is 2. The number of nitrogens with zero attached hydrogens (tertiary/aromatic N) is 3. The Morgan fingerprint density at radius 2 is 2.00 bits per heavy atom. The van der Waals surface area contributed by atoms with E-state index in [1.54, 1.807) is 23.5 Å². The first-order valence-electron chi connectivity index (χ1n) is 9.91. The van der Waals surface area contributed by atoms with Crippen molar-refractivity contribution >= 4 is 28.1 Å². The van der Waals surface area contributed by atoms with Crippen molar-refractivity contribution < 1.29 is 9.18 Å². The number of aromatic nitrogens is 1. The highest BCUT2D eigenvalue weighted by Crippen LogP contribution is 2.34. The zero-order valence-corrected chi connectivity index (χ0v) is 17.6. The number of rotatable bonds is 10. The molecular weight excluding hydrogens is 375 g/mol. The Morgan fingerprint density at radius 1 is 1.32 bits per heavy atom. The van der Waals surface area contributed by atoms with Gasteiger partial charge in [0.1, 0.15) is 11.9 Å². The minimum atomic E-state index is -0.471. The maximum absolute atomic E-state index is 13.4. The summed E-state index contributed by atoms with van der Waals surface area (Å²) in [5.41, 5.74) is 7.42. The van der Waals surface area contributed by atoms with Gasteiger partial charge in [0, 0.05) is 23.7 Å². The number of carbonyl (C=O) groups excluding carboxylic acids is 1. The Bertz CT molecular complexity index is 788. The van der Waals surface area contributed by atoms with E-state index in [1.807, 2.05) is 10.3 Å². The molecule has 1 saturated carbocycles. The van der Waals surface area contributed by atoms with E-state index in [0.717, 1.165) is 23.1 Å². The molecule has 28 heavy (non-hydrogen) atoms. The van der Waals surface area contributed by atoms with Gasteiger partial charge in [-0.15, -0.1) is 11.3 Å². The van der Waals surface area contributed by atoms with Gasteiger partial charge < -0.3 is 15.5 Å². The molecule has 0 saturated heterocycles. The monoisotopic (exact) mass is 404 g/mol. The molecule has 0 unspecified atom stereocenters. The summed E-state index contributed by atoms with van der Waals surface area (Å²) in [7, 11) is 0. The van der Waals surface area contributed by atoms with Gasteiger partial charge in [0.2, 0.25) is 5.91 Å². The van der Waals surface area contributed by atoms with Crippen LogP contribution in [0.5, 0.6) is 0 Å². The highest BCUT2D eigenvalue weighted by atomic mass is 32.1. The van der Waals surface area contributed by atoms with Crippen LogP contribution in [-0.4, -0.2) is 29.5 Å². The molecule has 152 valence electrons. The van der Waals surface area contributed by atoms with Crippen molar-refractivity contribution in [3.05, 3.63) is 41.2 Å². The van der Waals surface area contributed by atoms with Gasteiger partial charge in [-0.2, -0.15) is 0 Å². The molecule has 1 aliphatic carbocycles. The summed E-state index contributed by atoms with van der Waals surface area (Å²) in [5, 5.41) is 3.07. The SMILES string of the molecule is CCN(c1nc(CN(c2ccc(F)cc2)[C@H](CC(C)C)C(N)=O)cs1)C1CC1. The summed E-state index contributed by atoms with van der Waals surface area (Å²) in [6.07, 6.45) is 3.08. The molecule has 1 atom stereocenters. The van der Waals surface area contributed by atoms with Crippen LogP contribution in [-0.2, 0) is 11.3 Å². The van der Waals surface area contributed by atoms with Gasteiger partial charge >= 0.3 is 0 Å². The fourth-order valence-corrected chi connectivity index (χ4v) is 4.42. The van der Waals surface area contributed by atoms with E-state index in [1.165, 1.54) is 25.0 Å². The normalized spacial score (nSPS) is 14.9. The Kier molecular flexibility index (Phi) is 6.54. The molecule has 1 aromatic carbocycles. The van der Waals surface area contributed by atoms with E-state index in [9.17, 15) is 9.18 Å². The summed E-state index contributed by atoms with van der Waals surface area (Å²) in [6.45, 7) is 7.68. The van der Waals surface area contributed by atoms with E-state index in [-0.39, 0.29) is 11.7 Å². The van der Waals surface area contributed by atoms with Crippen molar-refractivity contribution in [1.82, 2.24) is 4.98 Å². The maximum Gasteiger partial charge on any atom is 0.240 e. The first-order chi connectivity index (χ1) is 13.4. The first kappa shape index (κ1) is 20.6. The topological polar surface area (TPSA) is 62.5 Å². The summed E-state index contributed by atoms with van der Waals surface area (Å²) in [4.78, 5) is 21.4. The number of halogens is 1. The second-order valence-corrected chi connectivity index (χ2v) is 8.63. The van der Waals surface area contributed by atoms with Crippen molar-refractivity contribution in [3.63, 3.8) is 0 Å². The van der Waals surface area contributed by atoms with Crippen LogP contribution in [0, 0.1) is 11.7 Å². The van der Waals surface area contributed by atoms with Gasteiger partial charge in [0.25, 0.3) is 0 Å². The lowest BCUT2D eigenvalue weighted by atomic mass is 10.0. The number of carbonyl (C=O) groups is 1. The van der Waals surface area contributed by atoms with E-state index in [4.69, 9.17) is 10.7 Å². The van der Waals surface area contributed by atoms with Crippen molar-refractivity contribution in [2.75, 3.05) is 16.3 Å². The second-order valence-electron chi connectivity index (χ2n) is 7.79. The summed E-state index contributed by atoms with van der Waals surface area (Å²) in [6, 6.07) is 6.35. The number of nitrogens with two attached hydrogens (primary N) is 1. The Balaban J connectivity index is 1.87. The number of hydrogen-bond donors (Lipinski definition) is 1. The molecule has 1 fully saturated rings. The second kappa shape index (κ2) is 8.90. The predicted octanol–water partition coefficient (Wildman–Crippen LogP) is 4.18. The number of hydrogen-bond acceptors (Lipinski definition) is 5. The van der Waals surface area contributed by atoms with Crippen LogP contribution in [0.4, 0.5) is 15.2 Å². The van der Waals surface area contributed by atoms with E-state index in [2.05, 4.69) is 25.7 Å². The molecule has 3 rings (SSSR count). The third kappa shape index (κ3) is 5.01. The molecule has 2 N–H and O–H groups in total. The van der Waals surface area contributed by atoms with E-state index < -0.39 is 6.04 Å². The van der Waals surface area contributed by atoms with Gasteiger partial charge in [-0.3, -0.25) is 4.79 Å². The van der Waals surface area contributed by atoms with Crippen LogP contribution in [0.3, 0.4) is 0 Å². The largest absolute Gasteiger partial charge is 0.368 e. The zero-order valence-electron chi connectivity index (χ0n) is 16.8. The Labute approximate surface area is 170 Å². The molecule has 5 nitrogen and oxygen atoms in total. The van der Waals surface area contributed by atoms with Crippen LogP contribution in [0.25, 0.3) is 0 Å². The minimum absolute atomic E-state index is 0.303. The third-order valence-corrected chi connectivity index (χ3v) is 5.93. The van der Waals surface area contributed by atoms with Crippen molar-refractivity contribution in [2.45, 2.75) is 58.7 Å². The van der Waals surface area contributed by atoms with Crippen LogP contribution in [0.15, 0.2) is 29.6 Å². The number of amides is 1. The molecule has 1 amide bonds. The average molecular weight is 405 g/mol. The zero-order chi connectivity index (χ0) is 20.3. The molecule has 2 aromatic rings. The van der Waals surface area contributed by atoms with Crippen molar-refractivity contribution in [1.29, 1.82) is 0 Å². The highest BCUT2D eigenvalue weighted by Gasteiger charge is 2.30. The van der Waals surface area contributed by atoms with Gasteiger partial charge in [-0.05, 0) is 56.4 Å². The number of thiazole rings is 1. The quantitative estimate of drug-likeness (QED) is 0.645. The maximum atomic E-state index is 13.4. The first-order valence-corrected chi connectivity index (χ1v) is 10.8. The van der Waals surface area contributed by atoms with Gasteiger partial charge in [-0.25, -0.2) is 9.37 Å². The summed E-state index contributed by atoms with van der Waals surface area (Å²) >= 11 is 1.64. The lowest BCUT2D eigenvalue weighted by Crippen LogP contribution is -2.45. The molecule has 1 aromatic heterocycles. The summed E-state index contributed by atoms with van der Waals surface area (Å²) in [5.74, 6) is -0.374. The third-order valence-electron chi connectivity index (χ3n) is 5.00. The van der Waals surface area contributed by atoms with E-state index in [0.29, 0.717) is 24.9 Å². The summed E-state index contributed by atoms with van der Waals surface area (Å²) < 4.78 is 13.4. The van der Waals surface area contributed by atoms with Crippen LogP contribution in [0.1, 0.15) is 45.7 Å². The Hall–Kier alpha value is -2.15. The molecule has 1 heterocycles. The van der Waals surface area contributed by atoms with Crippen LogP contribution in [0.2, 0.25) is 0 Å². The van der Waals surface area contributed by atoms with Crippen molar-refractivity contribution in [2.24, 2.45) is 11.7 Å². The molecule has 1 aliphatic rings. The van der Waals surface area contributed by atoms with Gasteiger partial charge in [0.15, 0.2) is 5.13 Å². The molecule has 0 bridgehead atoms. The molecule has 0 radical (unpaired) electrons. The predicted molar refractivity (Wildman–Crippen MR) is 113 cm³/mol. The van der Waals surface area contributed by atoms with Crippen LogP contribution >= 0.6 is 11.3 Å². The number of primary amides is 1.